The topological polar surface area (TPSA) is 38.2 Å². The number of hydrogen-bond acceptors (Lipinski definition) is 4. The highest BCUT2D eigenvalue weighted by Gasteiger charge is 2.56. The predicted molar refractivity (Wildman–Crippen MR) is 69.2 cm³/mol. The molecule has 1 aliphatic heterocycles. The Morgan fingerprint density at radius 1 is 1.39 bits per heavy atom. The third-order valence-electron chi connectivity index (χ3n) is 4.36. The van der Waals surface area contributed by atoms with Crippen molar-refractivity contribution in [2.75, 3.05) is 20.2 Å². The summed E-state index contributed by atoms with van der Waals surface area (Å²) in [6, 6.07) is 2.45. The van der Waals surface area contributed by atoms with Gasteiger partial charge in [-0.15, -0.1) is 0 Å². The first-order chi connectivity index (χ1) is 8.69. The van der Waals surface area contributed by atoms with E-state index in [1.807, 2.05) is 6.07 Å². The minimum absolute atomic E-state index is 0.469. The lowest BCUT2D eigenvalue weighted by molar-refractivity contribution is 0.257. The molecule has 2 fully saturated rings. The van der Waals surface area contributed by atoms with Crippen LogP contribution in [0, 0.1) is 23.7 Å². The first-order valence-electron chi connectivity index (χ1n) is 6.77. The number of aromatic nitrogens is 2. The summed E-state index contributed by atoms with van der Waals surface area (Å²) in [7, 11) is 1.61. The zero-order chi connectivity index (χ0) is 12.7. The highest BCUT2D eigenvalue weighted by molar-refractivity contribution is 5.10. The smallest absolute Gasteiger partial charge is 0.316 e. The van der Waals surface area contributed by atoms with Crippen molar-refractivity contribution in [3.63, 3.8) is 0 Å². The molecule has 2 unspecified atom stereocenters. The normalized spacial score (nSPS) is 30.6. The van der Waals surface area contributed by atoms with Crippen molar-refractivity contribution in [1.29, 1.82) is 0 Å². The lowest BCUT2D eigenvalue weighted by Crippen LogP contribution is -2.25. The van der Waals surface area contributed by atoms with Crippen molar-refractivity contribution in [3.8, 4) is 6.01 Å². The molecule has 0 bridgehead atoms. The minimum atomic E-state index is 0.469. The summed E-state index contributed by atoms with van der Waals surface area (Å²) >= 11 is 0. The summed E-state index contributed by atoms with van der Waals surface area (Å²) < 4.78 is 5.06. The van der Waals surface area contributed by atoms with Crippen LogP contribution >= 0.6 is 0 Å². The van der Waals surface area contributed by atoms with Crippen molar-refractivity contribution >= 4 is 0 Å². The Balaban J connectivity index is 1.57. The maximum Gasteiger partial charge on any atom is 0.316 e. The van der Waals surface area contributed by atoms with Gasteiger partial charge in [0.05, 0.1) is 12.8 Å². The molecule has 1 saturated heterocycles. The molecule has 0 N–H and O–H groups in total. The molecule has 0 radical (unpaired) electrons. The Labute approximate surface area is 108 Å². The molecule has 4 heteroatoms. The summed E-state index contributed by atoms with van der Waals surface area (Å²) in [4.78, 5) is 10.9. The number of rotatable bonds is 4. The highest BCUT2D eigenvalue weighted by atomic mass is 16.5. The van der Waals surface area contributed by atoms with Gasteiger partial charge in [0.15, 0.2) is 0 Å². The van der Waals surface area contributed by atoms with Gasteiger partial charge < -0.3 is 4.74 Å². The van der Waals surface area contributed by atoms with Gasteiger partial charge in [0.25, 0.3) is 0 Å². The Hall–Kier alpha value is -1.16. The van der Waals surface area contributed by atoms with Crippen LogP contribution in [0.25, 0.3) is 0 Å². The van der Waals surface area contributed by atoms with E-state index in [1.54, 1.807) is 13.3 Å². The summed E-state index contributed by atoms with van der Waals surface area (Å²) in [5.74, 6) is 3.70. The average Bonchev–Trinajstić information content (AvgIpc) is 2.88. The number of fused-ring (bicyclic) bond motifs is 1. The molecule has 1 saturated carbocycles. The second-order valence-electron chi connectivity index (χ2n) is 5.88. The quantitative estimate of drug-likeness (QED) is 0.813. The van der Waals surface area contributed by atoms with Crippen LogP contribution in [0.4, 0.5) is 0 Å². The van der Waals surface area contributed by atoms with Crippen molar-refractivity contribution < 1.29 is 4.74 Å². The van der Waals surface area contributed by atoms with Crippen molar-refractivity contribution in [2.24, 2.45) is 23.7 Å². The zero-order valence-corrected chi connectivity index (χ0v) is 11.3. The summed E-state index contributed by atoms with van der Waals surface area (Å²) in [5, 5.41) is 0. The molecule has 2 aliphatic rings. The van der Waals surface area contributed by atoms with E-state index in [9.17, 15) is 0 Å². The Kier molecular flexibility index (Phi) is 2.98. The van der Waals surface area contributed by atoms with Crippen LogP contribution in [-0.4, -0.2) is 35.1 Å². The lowest BCUT2D eigenvalue weighted by atomic mass is 10.0. The number of piperidine rings is 1. The Morgan fingerprint density at radius 3 is 2.72 bits per heavy atom. The fourth-order valence-corrected chi connectivity index (χ4v) is 3.57. The number of likely N-dealkylation sites (tertiary alicyclic amines) is 1. The molecule has 1 aliphatic carbocycles. The molecule has 2 heterocycles. The summed E-state index contributed by atoms with van der Waals surface area (Å²) in [6.45, 7) is 8.10. The third kappa shape index (κ3) is 2.09. The molecular formula is C14H21N3O. The standard InChI is InChI=1S/C14H21N3O/c1-9(2)13-11-7-17(8-12(11)13)6-10-4-5-15-14(16-10)18-3/h4-5,9,11-13H,6-8H2,1-3H3. The van der Waals surface area contributed by atoms with Gasteiger partial charge in [-0.1, -0.05) is 13.8 Å². The van der Waals surface area contributed by atoms with Gasteiger partial charge in [0, 0.05) is 25.8 Å². The monoisotopic (exact) mass is 247 g/mol. The van der Waals surface area contributed by atoms with E-state index in [1.165, 1.54) is 13.1 Å². The summed E-state index contributed by atoms with van der Waals surface area (Å²) in [5.41, 5.74) is 1.06. The molecule has 98 valence electrons. The highest BCUT2D eigenvalue weighted by Crippen LogP contribution is 2.55. The van der Waals surface area contributed by atoms with Gasteiger partial charge in [-0.25, -0.2) is 4.98 Å². The molecule has 18 heavy (non-hydrogen) atoms. The van der Waals surface area contributed by atoms with Gasteiger partial charge in [0.1, 0.15) is 0 Å². The largest absolute Gasteiger partial charge is 0.467 e. The molecule has 2 atom stereocenters. The molecule has 0 amide bonds. The number of methoxy groups -OCH3 is 1. The average molecular weight is 247 g/mol. The van der Waals surface area contributed by atoms with Gasteiger partial charge >= 0.3 is 6.01 Å². The van der Waals surface area contributed by atoms with E-state index in [0.717, 1.165) is 35.9 Å². The van der Waals surface area contributed by atoms with Gasteiger partial charge in [0.2, 0.25) is 0 Å². The number of nitrogens with zero attached hydrogens (tertiary/aromatic N) is 3. The van der Waals surface area contributed by atoms with E-state index in [-0.39, 0.29) is 0 Å². The minimum Gasteiger partial charge on any atom is -0.467 e. The fraction of sp³-hybridized carbons (Fsp3) is 0.714. The second-order valence-corrected chi connectivity index (χ2v) is 5.88. The van der Waals surface area contributed by atoms with Crippen LogP contribution in [0.3, 0.4) is 0 Å². The Bertz CT molecular complexity index is 423. The maximum atomic E-state index is 5.06. The molecule has 4 nitrogen and oxygen atoms in total. The fourth-order valence-electron chi connectivity index (χ4n) is 3.57. The first-order valence-corrected chi connectivity index (χ1v) is 6.77. The van der Waals surface area contributed by atoms with E-state index >= 15 is 0 Å². The van der Waals surface area contributed by atoms with Crippen LogP contribution in [0.1, 0.15) is 19.5 Å². The van der Waals surface area contributed by atoms with Crippen LogP contribution < -0.4 is 4.74 Å². The number of ether oxygens (including phenoxy) is 1. The molecule has 0 spiro atoms. The molecule has 1 aromatic heterocycles. The van der Waals surface area contributed by atoms with E-state index < -0.39 is 0 Å². The first kappa shape index (κ1) is 11.9. The lowest BCUT2D eigenvalue weighted by Gasteiger charge is -2.20. The predicted octanol–water partition coefficient (Wildman–Crippen LogP) is 1.82. The molecular weight excluding hydrogens is 226 g/mol. The van der Waals surface area contributed by atoms with Crippen LogP contribution in [0.15, 0.2) is 12.3 Å². The summed E-state index contributed by atoms with van der Waals surface area (Å²) in [6.07, 6.45) is 1.77. The molecule has 0 aromatic carbocycles. The van der Waals surface area contributed by atoms with E-state index in [4.69, 9.17) is 4.74 Å². The SMILES string of the molecule is COc1nccc(CN2CC3C(C2)C3C(C)C)n1. The van der Waals surface area contributed by atoms with Crippen LogP contribution in [0.2, 0.25) is 0 Å². The second kappa shape index (κ2) is 4.50. The van der Waals surface area contributed by atoms with Gasteiger partial charge in [-0.05, 0) is 29.7 Å². The van der Waals surface area contributed by atoms with E-state index in [2.05, 4.69) is 28.7 Å². The van der Waals surface area contributed by atoms with E-state index in [0.29, 0.717) is 6.01 Å². The molecule has 3 rings (SSSR count). The van der Waals surface area contributed by atoms with Crippen LogP contribution in [0.5, 0.6) is 6.01 Å². The molecule has 1 aromatic rings. The van der Waals surface area contributed by atoms with Crippen molar-refractivity contribution in [2.45, 2.75) is 20.4 Å². The number of hydrogen-bond donors (Lipinski definition) is 0. The van der Waals surface area contributed by atoms with Crippen molar-refractivity contribution in [1.82, 2.24) is 14.9 Å². The van der Waals surface area contributed by atoms with Crippen molar-refractivity contribution in [3.05, 3.63) is 18.0 Å². The Morgan fingerprint density at radius 2 is 2.11 bits per heavy atom. The van der Waals surface area contributed by atoms with Gasteiger partial charge in [-0.3, -0.25) is 4.90 Å². The third-order valence-corrected chi connectivity index (χ3v) is 4.36. The maximum absolute atomic E-state index is 5.06. The zero-order valence-electron chi connectivity index (χ0n) is 11.3. The van der Waals surface area contributed by atoms with Crippen LogP contribution in [-0.2, 0) is 6.54 Å². The van der Waals surface area contributed by atoms with Gasteiger partial charge in [-0.2, -0.15) is 4.98 Å².